The molecule has 1 saturated heterocycles. The summed E-state index contributed by atoms with van der Waals surface area (Å²) in [5, 5.41) is 2.45. The fraction of sp³-hybridized carbons (Fsp3) is 0.190. The quantitative estimate of drug-likeness (QED) is 0.449. The van der Waals surface area contributed by atoms with Crippen molar-refractivity contribution in [1.29, 1.82) is 0 Å². The van der Waals surface area contributed by atoms with Crippen LogP contribution in [0, 0.1) is 6.92 Å². The number of benzene rings is 2. The number of thioether (sulfide) groups is 2. The van der Waals surface area contributed by atoms with Crippen LogP contribution in [0.25, 0.3) is 6.08 Å². The van der Waals surface area contributed by atoms with Crippen LogP contribution >= 0.6 is 39.5 Å². The molecule has 1 heterocycles. The molecule has 0 radical (unpaired) electrons. The third-order valence-electron chi connectivity index (χ3n) is 4.09. The maximum absolute atomic E-state index is 12.5. The van der Waals surface area contributed by atoms with E-state index >= 15 is 0 Å². The monoisotopic (exact) mass is 490 g/mol. The second-order valence-electron chi connectivity index (χ2n) is 6.34. The van der Waals surface area contributed by atoms with Gasteiger partial charge in [-0.1, -0.05) is 45.8 Å². The zero-order chi connectivity index (χ0) is 20.8. The van der Waals surface area contributed by atoms with E-state index in [1.165, 1.54) is 16.7 Å². The molecule has 150 valence electrons. The Balaban J connectivity index is 1.47. The first-order valence-corrected chi connectivity index (χ1v) is 11.5. The number of carbonyl (C=O) groups is 3. The van der Waals surface area contributed by atoms with Crippen LogP contribution in [-0.2, 0) is 9.59 Å². The van der Waals surface area contributed by atoms with Crippen molar-refractivity contribution in [3.05, 3.63) is 69.0 Å². The molecule has 2 aromatic rings. The zero-order valence-corrected chi connectivity index (χ0v) is 18.9. The van der Waals surface area contributed by atoms with Gasteiger partial charge in [-0.15, -0.1) is 11.8 Å². The number of aryl methyl sites for hydroxylation is 1. The third kappa shape index (κ3) is 6.22. The number of carbonyl (C=O) groups excluding carboxylic acids is 3. The van der Waals surface area contributed by atoms with Gasteiger partial charge in [-0.05, 0) is 54.6 Å². The van der Waals surface area contributed by atoms with Gasteiger partial charge in [0.05, 0.1) is 10.7 Å². The smallest absolute Gasteiger partial charge is 0.293 e. The molecule has 0 aromatic heterocycles. The van der Waals surface area contributed by atoms with Crippen LogP contribution < -0.4 is 5.32 Å². The predicted octanol–water partition coefficient (Wildman–Crippen LogP) is 4.70. The van der Waals surface area contributed by atoms with E-state index in [1.807, 2.05) is 55.5 Å². The van der Waals surface area contributed by atoms with E-state index < -0.39 is 0 Å². The molecule has 0 unspecified atom stereocenters. The lowest BCUT2D eigenvalue weighted by Gasteiger charge is -2.13. The molecule has 1 aliphatic heterocycles. The normalized spacial score (nSPS) is 15.2. The van der Waals surface area contributed by atoms with Crippen LogP contribution in [0.5, 0.6) is 0 Å². The van der Waals surface area contributed by atoms with Gasteiger partial charge in [-0.25, -0.2) is 0 Å². The first kappa shape index (κ1) is 21.7. The molecule has 2 aromatic carbocycles. The Morgan fingerprint density at radius 2 is 1.83 bits per heavy atom. The Hall–Kier alpha value is -2.03. The van der Waals surface area contributed by atoms with E-state index in [-0.39, 0.29) is 35.9 Å². The number of rotatable bonds is 7. The molecule has 8 heteroatoms. The maximum atomic E-state index is 12.5. The molecular formula is C21H19BrN2O3S2. The van der Waals surface area contributed by atoms with Gasteiger partial charge in [0.25, 0.3) is 11.1 Å². The second-order valence-corrected chi connectivity index (χ2v) is 9.29. The van der Waals surface area contributed by atoms with Crippen LogP contribution in [0.4, 0.5) is 4.79 Å². The number of imide groups is 1. The summed E-state index contributed by atoms with van der Waals surface area (Å²) >= 11 is 5.73. The number of hydrogen-bond acceptors (Lipinski definition) is 5. The van der Waals surface area contributed by atoms with Gasteiger partial charge in [-0.2, -0.15) is 0 Å². The fourth-order valence-corrected chi connectivity index (χ4v) is 4.40. The van der Waals surface area contributed by atoms with E-state index in [9.17, 15) is 14.4 Å². The van der Waals surface area contributed by atoms with Gasteiger partial charge in [0.1, 0.15) is 0 Å². The van der Waals surface area contributed by atoms with Gasteiger partial charge < -0.3 is 5.32 Å². The summed E-state index contributed by atoms with van der Waals surface area (Å²) < 4.78 is 0.986. The highest BCUT2D eigenvalue weighted by Crippen LogP contribution is 2.31. The number of halogens is 1. The summed E-state index contributed by atoms with van der Waals surface area (Å²) in [7, 11) is 0. The molecule has 29 heavy (non-hydrogen) atoms. The Labute approximate surface area is 186 Å². The lowest BCUT2D eigenvalue weighted by atomic mass is 10.1. The van der Waals surface area contributed by atoms with Crippen LogP contribution in [0.1, 0.15) is 11.1 Å². The maximum Gasteiger partial charge on any atom is 0.293 e. The third-order valence-corrected chi connectivity index (χ3v) is 6.54. The van der Waals surface area contributed by atoms with Crippen molar-refractivity contribution in [2.75, 3.05) is 18.8 Å². The Kier molecular flexibility index (Phi) is 7.57. The van der Waals surface area contributed by atoms with E-state index in [4.69, 9.17) is 0 Å². The Morgan fingerprint density at radius 3 is 2.52 bits per heavy atom. The fourth-order valence-electron chi connectivity index (χ4n) is 2.54. The van der Waals surface area contributed by atoms with Crippen LogP contribution in [0.3, 0.4) is 0 Å². The van der Waals surface area contributed by atoms with Gasteiger partial charge in [0.2, 0.25) is 5.91 Å². The summed E-state index contributed by atoms with van der Waals surface area (Å²) in [6.45, 7) is 2.38. The summed E-state index contributed by atoms with van der Waals surface area (Å²) in [4.78, 5) is 39.2. The minimum atomic E-state index is -0.320. The van der Waals surface area contributed by atoms with Gasteiger partial charge in [-0.3, -0.25) is 19.3 Å². The largest absolute Gasteiger partial charge is 0.354 e. The highest BCUT2D eigenvalue weighted by Gasteiger charge is 2.34. The van der Waals surface area contributed by atoms with E-state index in [2.05, 4.69) is 21.2 Å². The first-order chi connectivity index (χ1) is 13.9. The van der Waals surface area contributed by atoms with Crippen molar-refractivity contribution < 1.29 is 14.4 Å². The number of hydrogen-bond donors (Lipinski definition) is 1. The summed E-state index contributed by atoms with van der Waals surface area (Å²) in [5.74, 6) is -0.184. The van der Waals surface area contributed by atoms with Crippen LogP contribution in [0.15, 0.2) is 62.8 Å². The minimum absolute atomic E-state index is 0.139. The SMILES string of the molecule is Cc1ccc(C=C2SC(=O)N(CCNC(=O)CSc3ccc(Br)cc3)C2=O)cc1. The van der Waals surface area contributed by atoms with Crippen molar-refractivity contribution in [2.24, 2.45) is 0 Å². The first-order valence-electron chi connectivity index (χ1n) is 8.89. The Morgan fingerprint density at radius 1 is 1.14 bits per heavy atom. The lowest BCUT2D eigenvalue weighted by molar-refractivity contribution is -0.123. The molecule has 1 fully saturated rings. The Bertz CT molecular complexity index is 943. The molecule has 0 aliphatic carbocycles. The molecule has 5 nitrogen and oxygen atoms in total. The van der Waals surface area contributed by atoms with E-state index in [1.54, 1.807) is 6.08 Å². The van der Waals surface area contributed by atoms with Crippen LogP contribution in [0.2, 0.25) is 0 Å². The molecule has 0 atom stereocenters. The number of nitrogens with one attached hydrogen (secondary N) is 1. The van der Waals surface area contributed by atoms with E-state index in [0.29, 0.717) is 4.91 Å². The summed E-state index contributed by atoms with van der Waals surface area (Å²) in [6.07, 6.45) is 1.72. The predicted molar refractivity (Wildman–Crippen MR) is 122 cm³/mol. The topological polar surface area (TPSA) is 66.5 Å². The highest BCUT2D eigenvalue weighted by molar-refractivity contribution is 9.10. The average molecular weight is 491 g/mol. The van der Waals surface area contributed by atoms with Crippen molar-refractivity contribution in [3.8, 4) is 0 Å². The van der Waals surface area contributed by atoms with Gasteiger partial charge in [0, 0.05) is 22.5 Å². The van der Waals surface area contributed by atoms with Crippen molar-refractivity contribution in [3.63, 3.8) is 0 Å². The molecule has 3 rings (SSSR count). The number of nitrogens with zero attached hydrogens (tertiary/aromatic N) is 1. The van der Waals surface area contributed by atoms with Crippen molar-refractivity contribution >= 4 is 62.6 Å². The van der Waals surface area contributed by atoms with Gasteiger partial charge in [0.15, 0.2) is 0 Å². The zero-order valence-electron chi connectivity index (χ0n) is 15.7. The number of amides is 3. The molecule has 0 bridgehead atoms. The average Bonchev–Trinajstić information content (AvgIpc) is 2.96. The summed E-state index contributed by atoms with van der Waals surface area (Å²) in [5.41, 5.74) is 2.00. The van der Waals surface area contributed by atoms with Gasteiger partial charge >= 0.3 is 0 Å². The lowest BCUT2D eigenvalue weighted by Crippen LogP contribution is -2.37. The minimum Gasteiger partial charge on any atom is -0.354 e. The molecule has 1 N–H and O–H groups in total. The van der Waals surface area contributed by atoms with Crippen molar-refractivity contribution in [2.45, 2.75) is 11.8 Å². The summed E-state index contributed by atoms with van der Waals surface area (Å²) in [6, 6.07) is 15.4. The van der Waals surface area contributed by atoms with Crippen LogP contribution in [-0.4, -0.2) is 40.8 Å². The molecule has 0 spiro atoms. The van der Waals surface area contributed by atoms with Crippen molar-refractivity contribution in [1.82, 2.24) is 10.2 Å². The molecular weight excluding hydrogens is 472 g/mol. The standard InChI is InChI=1S/C21H19BrN2O3S2/c1-14-2-4-15(5-3-14)12-18-20(26)24(21(27)29-18)11-10-23-19(25)13-28-17-8-6-16(22)7-9-17/h2-9,12H,10-11,13H2,1H3,(H,23,25). The second kappa shape index (κ2) is 10.1. The van der Waals surface area contributed by atoms with E-state index in [0.717, 1.165) is 32.3 Å². The molecule has 0 saturated carbocycles. The molecule has 1 aliphatic rings. The highest BCUT2D eigenvalue weighted by atomic mass is 79.9. The molecule has 3 amide bonds.